The van der Waals surface area contributed by atoms with Crippen LogP contribution in [0.25, 0.3) is 0 Å². The van der Waals surface area contributed by atoms with Gasteiger partial charge in [-0.3, -0.25) is 4.79 Å². The van der Waals surface area contributed by atoms with E-state index in [1.54, 1.807) is 12.1 Å². The summed E-state index contributed by atoms with van der Waals surface area (Å²) in [5.41, 5.74) is 0.469. The first-order valence-corrected chi connectivity index (χ1v) is 5.66. The van der Waals surface area contributed by atoms with E-state index < -0.39 is 5.67 Å². The van der Waals surface area contributed by atoms with Gasteiger partial charge in [-0.05, 0) is 24.9 Å². The molecule has 1 atom stereocenters. The van der Waals surface area contributed by atoms with E-state index in [4.69, 9.17) is 0 Å². The second-order valence-electron chi connectivity index (χ2n) is 4.47. The van der Waals surface area contributed by atoms with Gasteiger partial charge in [-0.15, -0.1) is 0 Å². The molecule has 3 heteroatoms. The summed E-state index contributed by atoms with van der Waals surface area (Å²) in [7, 11) is 0. The zero-order chi connectivity index (χ0) is 11.4. The molecule has 1 aliphatic rings. The van der Waals surface area contributed by atoms with Crippen LogP contribution in [0.1, 0.15) is 28.8 Å². The number of piperidine rings is 1. The Morgan fingerprint density at radius 3 is 2.69 bits per heavy atom. The lowest BCUT2D eigenvalue weighted by Crippen LogP contribution is -2.43. The molecule has 1 fully saturated rings. The van der Waals surface area contributed by atoms with E-state index in [0.29, 0.717) is 24.9 Å². The van der Waals surface area contributed by atoms with E-state index in [1.165, 1.54) is 0 Å². The van der Waals surface area contributed by atoms with Crippen LogP contribution in [0.3, 0.4) is 0 Å². The van der Waals surface area contributed by atoms with Crippen molar-refractivity contribution in [1.82, 2.24) is 5.32 Å². The minimum Gasteiger partial charge on any atom is -0.314 e. The van der Waals surface area contributed by atoms with Gasteiger partial charge in [0, 0.05) is 18.5 Å². The van der Waals surface area contributed by atoms with Gasteiger partial charge < -0.3 is 5.32 Å². The van der Waals surface area contributed by atoms with Crippen molar-refractivity contribution in [2.24, 2.45) is 0 Å². The molecule has 1 aromatic rings. The quantitative estimate of drug-likeness (QED) is 0.792. The van der Waals surface area contributed by atoms with E-state index in [9.17, 15) is 9.18 Å². The maximum atomic E-state index is 14.3. The maximum absolute atomic E-state index is 14.3. The van der Waals surface area contributed by atoms with Gasteiger partial charge in [-0.1, -0.05) is 24.3 Å². The lowest BCUT2D eigenvalue weighted by molar-refractivity contribution is 0.112. The van der Waals surface area contributed by atoms with Crippen molar-refractivity contribution in [2.45, 2.75) is 24.9 Å². The Morgan fingerprint density at radius 1 is 1.38 bits per heavy atom. The highest BCUT2D eigenvalue weighted by Gasteiger charge is 2.31. The van der Waals surface area contributed by atoms with Crippen molar-refractivity contribution in [3.63, 3.8) is 0 Å². The largest absolute Gasteiger partial charge is 0.314 e. The Bertz CT molecular complexity index is 355. The number of carbonyl (C=O) groups is 1. The summed E-state index contributed by atoms with van der Waals surface area (Å²) >= 11 is 0. The van der Waals surface area contributed by atoms with Crippen LogP contribution in [0, 0.1) is 0 Å². The SMILES string of the molecule is O=Cc1ccc(CC2(F)CCCNC2)cc1. The van der Waals surface area contributed by atoms with Crippen molar-refractivity contribution in [3.8, 4) is 0 Å². The molecule has 0 spiro atoms. The third-order valence-electron chi connectivity index (χ3n) is 3.06. The molecule has 0 bridgehead atoms. The number of benzene rings is 1. The molecule has 86 valence electrons. The van der Waals surface area contributed by atoms with Crippen LogP contribution in [0.15, 0.2) is 24.3 Å². The van der Waals surface area contributed by atoms with E-state index in [2.05, 4.69) is 5.32 Å². The molecule has 0 aromatic heterocycles. The van der Waals surface area contributed by atoms with E-state index in [1.807, 2.05) is 12.1 Å². The minimum absolute atomic E-state index is 0.430. The van der Waals surface area contributed by atoms with Gasteiger partial charge in [-0.2, -0.15) is 0 Å². The second kappa shape index (κ2) is 4.74. The van der Waals surface area contributed by atoms with E-state index in [-0.39, 0.29) is 0 Å². The van der Waals surface area contributed by atoms with Crippen molar-refractivity contribution in [2.75, 3.05) is 13.1 Å². The Balaban J connectivity index is 2.04. The fourth-order valence-corrected chi connectivity index (χ4v) is 2.16. The average Bonchev–Trinajstić information content (AvgIpc) is 2.30. The highest BCUT2D eigenvalue weighted by atomic mass is 19.1. The molecule has 2 nitrogen and oxygen atoms in total. The van der Waals surface area contributed by atoms with Gasteiger partial charge >= 0.3 is 0 Å². The van der Waals surface area contributed by atoms with Gasteiger partial charge in [0.25, 0.3) is 0 Å². The van der Waals surface area contributed by atoms with Crippen molar-refractivity contribution >= 4 is 6.29 Å². The van der Waals surface area contributed by atoms with Crippen LogP contribution < -0.4 is 5.32 Å². The predicted molar refractivity (Wildman–Crippen MR) is 61.5 cm³/mol. The fraction of sp³-hybridized carbons (Fsp3) is 0.462. The summed E-state index contributed by atoms with van der Waals surface area (Å²) in [6.07, 6.45) is 2.74. The van der Waals surface area contributed by atoms with Gasteiger partial charge in [0.05, 0.1) is 0 Å². The van der Waals surface area contributed by atoms with Crippen LogP contribution >= 0.6 is 0 Å². The topological polar surface area (TPSA) is 29.1 Å². The zero-order valence-electron chi connectivity index (χ0n) is 9.21. The van der Waals surface area contributed by atoms with Crippen molar-refractivity contribution < 1.29 is 9.18 Å². The molecule has 16 heavy (non-hydrogen) atoms. The third-order valence-corrected chi connectivity index (χ3v) is 3.06. The average molecular weight is 221 g/mol. The molecule has 2 rings (SSSR count). The number of aldehydes is 1. The molecule has 1 unspecified atom stereocenters. The Kier molecular flexibility index (Phi) is 3.34. The molecule has 0 aliphatic carbocycles. The first-order valence-electron chi connectivity index (χ1n) is 5.66. The lowest BCUT2D eigenvalue weighted by atomic mass is 9.89. The first-order chi connectivity index (χ1) is 7.72. The predicted octanol–water partition coefficient (Wildman–Crippen LogP) is 2.13. The third kappa shape index (κ3) is 2.67. The molecule has 1 saturated heterocycles. The number of nitrogens with one attached hydrogen (secondary N) is 1. The Labute approximate surface area is 94.9 Å². The highest BCUT2D eigenvalue weighted by molar-refractivity contribution is 5.74. The number of alkyl halides is 1. The molecule has 1 heterocycles. The summed E-state index contributed by atoms with van der Waals surface area (Å²) in [6, 6.07) is 7.14. The molecule has 0 saturated carbocycles. The molecular formula is C13H16FNO. The highest BCUT2D eigenvalue weighted by Crippen LogP contribution is 2.25. The smallest absolute Gasteiger partial charge is 0.150 e. The number of rotatable bonds is 3. The number of carbonyl (C=O) groups excluding carboxylic acids is 1. The van der Waals surface area contributed by atoms with Crippen molar-refractivity contribution in [1.29, 1.82) is 0 Å². The zero-order valence-corrected chi connectivity index (χ0v) is 9.21. The number of hydrogen-bond acceptors (Lipinski definition) is 2. The normalized spacial score (nSPS) is 25.3. The maximum Gasteiger partial charge on any atom is 0.150 e. The van der Waals surface area contributed by atoms with E-state index >= 15 is 0 Å². The van der Waals surface area contributed by atoms with Gasteiger partial charge in [-0.25, -0.2) is 4.39 Å². The Morgan fingerprint density at radius 2 is 2.12 bits per heavy atom. The van der Waals surface area contributed by atoms with Crippen LogP contribution in [0.2, 0.25) is 0 Å². The number of halogens is 1. The Hall–Kier alpha value is -1.22. The summed E-state index contributed by atoms with van der Waals surface area (Å²) in [4.78, 5) is 10.5. The molecular weight excluding hydrogens is 205 g/mol. The van der Waals surface area contributed by atoms with Crippen molar-refractivity contribution in [3.05, 3.63) is 35.4 Å². The minimum atomic E-state index is -1.12. The monoisotopic (exact) mass is 221 g/mol. The lowest BCUT2D eigenvalue weighted by Gasteiger charge is -2.30. The summed E-state index contributed by atoms with van der Waals surface area (Å²) in [5, 5.41) is 3.09. The van der Waals surface area contributed by atoms with Crippen LogP contribution in [-0.2, 0) is 6.42 Å². The molecule has 0 amide bonds. The van der Waals surface area contributed by atoms with Gasteiger partial charge in [0.15, 0.2) is 0 Å². The standard InChI is InChI=1S/C13H16FNO/c14-13(6-1-7-15-10-13)8-11-2-4-12(9-16)5-3-11/h2-5,9,15H,1,6-8,10H2. The van der Waals surface area contributed by atoms with Crippen LogP contribution in [0.4, 0.5) is 4.39 Å². The van der Waals surface area contributed by atoms with Crippen LogP contribution in [0.5, 0.6) is 0 Å². The fourth-order valence-electron chi connectivity index (χ4n) is 2.16. The van der Waals surface area contributed by atoms with E-state index in [0.717, 1.165) is 24.8 Å². The summed E-state index contributed by atoms with van der Waals surface area (Å²) in [5.74, 6) is 0. The van der Waals surface area contributed by atoms with Gasteiger partial charge in [0.1, 0.15) is 12.0 Å². The summed E-state index contributed by atoms with van der Waals surface area (Å²) in [6.45, 7) is 1.35. The molecule has 1 N–H and O–H groups in total. The second-order valence-corrected chi connectivity index (χ2v) is 4.47. The molecule has 1 aromatic carbocycles. The number of hydrogen-bond donors (Lipinski definition) is 1. The van der Waals surface area contributed by atoms with Gasteiger partial charge in [0.2, 0.25) is 0 Å². The van der Waals surface area contributed by atoms with Crippen LogP contribution in [-0.4, -0.2) is 25.0 Å². The molecule has 1 aliphatic heterocycles. The molecule has 0 radical (unpaired) electrons. The summed E-state index contributed by atoms with van der Waals surface area (Å²) < 4.78 is 14.3. The first kappa shape index (κ1) is 11.3.